The summed E-state index contributed by atoms with van der Waals surface area (Å²) >= 11 is 0. The van der Waals surface area contributed by atoms with Crippen molar-refractivity contribution in [3.8, 4) is 11.5 Å². The van der Waals surface area contributed by atoms with Crippen molar-refractivity contribution in [1.29, 1.82) is 0 Å². The Morgan fingerprint density at radius 1 is 0.943 bits per heavy atom. The van der Waals surface area contributed by atoms with Crippen LogP contribution in [-0.4, -0.2) is 37.1 Å². The van der Waals surface area contributed by atoms with Gasteiger partial charge in [0.2, 0.25) is 5.91 Å². The summed E-state index contributed by atoms with van der Waals surface area (Å²) in [7, 11) is 3.12. The Bertz CT molecular complexity index is 1130. The first kappa shape index (κ1) is 24.3. The van der Waals surface area contributed by atoms with Crippen molar-refractivity contribution in [2.75, 3.05) is 19.1 Å². The van der Waals surface area contributed by atoms with E-state index in [0.717, 1.165) is 25.7 Å². The van der Waals surface area contributed by atoms with Crippen molar-refractivity contribution in [3.63, 3.8) is 0 Å². The van der Waals surface area contributed by atoms with E-state index in [0.29, 0.717) is 22.7 Å². The molecule has 1 fully saturated rings. The Morgan fingerprint density at radius 2 is 1.69 bits per heavy atom. The molecule has 1 atom stereocenters. The highest BCUT2D eigenvalue weighted by molar-refractivity contribution is 6.09. The Kier molecular flexibility index (Phi) is 7.98. The molecule has 4 rings (SSSR count). The van der Waals surface area contributed by atoms with E-state index in [-0.39, 0.29) is 23.6 Å². The van der Waals surface area contributed by atoms with Crippen LogP contribution < -0.4 is 19.7 Å². The molecule has 0 aliphatic heterocycles. The standard InChI is InChI=1S/C28H31N3O4/c1-34-22-16-17-25(35-2)23(19-22)26(27(32)30-20-11-5-3-6-12-20)31(21-13-7-4-8-14-21)28(33)24-15-9-10-18-29-24/h4,7-10,13-20,26H,3,5-6,11-12H2,1-2H3,(H,30,32)/t26-/m1/s1. The number of hydrogen-bond acceptors (Lipinski definition) is 5. The summed E-state index contributed by atoms with van der Waals surface area (Å²) in [6.45, 7) is 0. The topological polar surface area (TPSA) is 80.8 Å². The Labute approximate surface area is 206 Å². The molecule has 7 nitrogen and oxygen atoms in total. The van der Waals surface area contributed by atoms with E-state index in [2.05, 4.69) is 10.3 Å². The number of aromatic nitrogens is 1. The lowest BCUT2D eigenvalue weighted by Gasteiger charge is -2.34. The summed E-state index contributed by atoms with van der Waals surface area (Å²) in [5.74, 6) is 0.404. The molecule has 1 heterocycles. The molecule has 1 N–H and O–H groups in total. The van der Waals surface area contributed by atoms with E-state index in [4.69, 9.17) is 9.47 Å². The average molecular weight is 474 g/mol. The maximum atomic E-state index is 14.0. The van der Waals surface area contributed by atoms with Crippen LogP contribution in [0.1, 0.15) is 54.2 Å². The number of ether oxygens (including phenoxy) is 2. The van der Waals surface area contributed by atoms with Gasteiger partial charge in [-0.25, -0.2) is 0 Å². The zero-order valence-electron chi connectivity index (χ0n) is 20.1. The molecule has 1 aromatic heterocycles. The number of benzene rings is 2. The molecular weight excluding hydrogens is 442 g/mol. The predicted molar refractivity (Wildman–Crippen MR) is 135 cm³/mol. The molecule has 1 saturated carbocycles. The predicted octanol–water partition coefficient (Wildman–Crippen LogP) is 4.94. The van der Waals surface area contributed by atoms with Gasteiger partial charge in [-0.2, -0.15) is 0 Å². The molecule has 0 spiro atoms. The number of hydrogen-bond donors (Lipinski definition) is 1. The van der Waals surface area contributed by atoms with Gasteiger partial charge in [-0.3, -0.25) is 19.5 Å². The summed E-state index contributed by atoms with van der Waals surface area (Å²) in [6.07, 6.45) is 6.74. The fraction of sp³-hybridized carbons (Fsp3) is 0.321. The molecule has 2 amide bonds. The van der Waals surface area contributed by atoms with Gasteiger partial charge in [-0.15, -0.1) is 0 Å². The maximum absolute atomic E-state index is 14.0. The Balaban J connectivity index is 1.86. The molecule has 1 aliphatic rings. The van der Waals surface area contributed by atoms with Crippen molar-refractivity contribution in [3.05, 3.63) is 84.2 Å². The van der Waals surface area contributed by atoms with Gasteiger partial charge in [0, 0.05) is 23.5 Å². The number of rotatable bonds is 8. The third kappa shape index (κ3) is 5.62. The lowest BCUT2D eigenvalue weighted by Crippen LogP contribution is -2.47. The van der Waals surface area contributed by atoms with Gasteiger partial charge < -0.3 is 14.8 Å². The number of methoxy groups -OCH3 is 2. The number of carbonyl (C=O) groups is 2. The molecule has 1 aliphatic carbocycles. The van der Waals surface area contributed by atoms with Gasteiger partial charge in [-0.1, -0.05) is 43.5 Å². The molecule has 35 heavy (non-hydrogen) atoms. The van der Waals surface area contributed by atoms with Gasteiger partial charge in [0.15, 0.2) is 0 Å². The quantitative estimate of drug-likeness (QED) is 0.501. The Hall–Kier alpha value is -3.87. The maximum Gasteiger partial charge on any atom is 0.277 e. The van der Waals surface area contributed by atoms with E-state index in [1.54, 1.807) is 56.8 Å². The normalized spacial score (nSPS) is 14.6. The highest BCUT2D eigenvalue weighted by atomic mass is 16.5. The molecule has 0 saturated heterocycles. The van der Waals surface area contributed by atoms with E-state index in [1.165, 1.54) is 11.3 Å². The van der Waals surface area contributed by atoms with E-state index < -0.39 is 6.04 Å². The minimum Gasteiger partial charge on any atom is -0.497 e. The summed E-state index contributed by atoms with van der Waals surface area (Å²) in [5.41, 5.74) is 1.36. The lowest BCUT2D eigenvalue weighted by atomic mass is 9.94. The number of para-hydroxylation sites is 1. The summed E-state index contributed by atoms with van der Waals surface area (Å²) in [6, 6.07) is 18.7. The molecule has 2 aromatic carbocycles. The first-order valence-corrected chi connectivity index (χ1v) is 11.9. The zero-order valence-corrected chi connectivity index (χ0v) is 20.1. The van der Waals surface area contributed by atoms with Crippen LogP contribution in [0.3, 0.4) is 0 Å². The second-order valence-electron chi connectivity index (χ2n) is 8.58. The van der Waals surface area contributed by atoms with Gasteiger partial charge in [-0.05, 0) is 55.3 Å². The SMILES string of the molecule is COc1ccc(OC)c([C@H](C(=O)NC2CCCCC2)N(C(=O)c2ccccn2)c2ccccc2)c1. The van der Waals surface area contributed by atoms with Crippen LogP contribution in [0, 0.1) is 0 Å². The van der Waals surface area contributed by atoms with Crippen LogP contribution in [-0.2, 0) is 4.79 Å². The van der Waals surface area contributed by atoms with Gasteiger partial charge in [0.25, 0.3) is 5.91 Å². The number of amides is 2. The van der Waals surface area contributed by atoms with E-state index >= 15 is 0 Å². The summed E-state index contributed by atoms with van der Waals surface area (Å²) in [4.78, 5) is 33.7. The van der Waals surface area contributed by atoms with Crippen LogP contribution in [0.15, 0.2) is 72.9 Å². The second-order valence-corrected chi connectivity index (χ2v) is 8.58. The molecular formula is C28H31N3O4. The van der Waals surface area contributed by atoms with Crippen molar-refractivity contribution >= 4 is 17.5 Å². The van der Waals surface area contributed by atoms with E-state index in [9.17, 15) is 9.59 Å². The fourth-order valence-corrected chi connectivity index (χ4v) is 4.56. The second kappa shape index (κ2) is 11.5. The largest absolute Gasteiger partial charge is 0.497 e. The number of pyridine rings is 1. The van der Waals surface area contributed by atoms with Crippen molar-refractivity contribution in [2.24, 2.45) is 0 Å². The first-order valence-electron chi connectivity index (χ1n) is 11.9. The van der Waals surface area contributed by atoms with Crippen LogP contribution >= 0.6 is 0 Å². The monoisotopic (exact) mass is 473 g/mol. The van der Waals surface area contributed by atoms with Gasteiger partial charge in [0.1, 0.15) is 23.2 Å². The minimum atomic E-state index is -1.00. The minimum absolute atomic E-state index is 0.0675. The van der Waals surface area contributed by atoms with Crippen LogP contribution in [0.25, 0.3) is 0 Å². The number of anilines is 1. The van der Waals surface area contributed by atoms with E-state index in [1.807, 2.05) is 30.3 Å². The summed E-state index contributed by atoms with van der Waals surface area (Å²) < 4.78 is 11.1. The fourth-order valence-electron chi connectivity index (χ4n) is 4.56. The Morgan fingerprint density at radius 3 is 2.34 bits per heavy atom. The molecule has 0 bridgehead atoms. The molecule has 7 heteroatoms. The van der Waals surface area contributed by atoms with Crippen molar-refractivity contribution < 1.29 is 19.1 Å². The zero-order chi connectivity index (χ0) is 24.6. The number of nitrogens with one attached hydrogen (secondary N) is 1. The highest BCUT2D eigenvalue weighted by Crippen LogP contribution is 2.37. The third-order valence-corrected chi connectivity index (χ3v) is 6.33. The lowest BCUT2D eigenvalue weighted by molar-refractivity contribution is -0.123. The molecule has 182 valence electrons. The third-order valence-electron chi connectivity index (χ3n) is 6.33. The summed E-state index contributed by atoms with van der Waals surface area (Å²) in [5, 5.41) is 3.21. The van der Waals surface area contributed by atoms with Crippen molar-refractivity contribution in [1.82, 2.24) is 10.3 Å². The van der Waals surface area contributed by atoms with Gasteiger partial charge >= 0.3 is 0 Å². The molecule has 3 aromatic rings. The van der Waals surface area contributed by atoms with Crippen LogP contribution in [0.5, 0.6) is 11.5 Å². The number of carbonyl (C=O) groups excluding carboxylic acids is 2. The smallest absolute Gasteiger partial charge is 0.277 e. The molecule has 0 unspecified atom stereocenters. The average Bonchev–Trinajstić information content (AvgIpc) is 2.92. The van der Waals surface area contributed by atoms with Crippen LogP contribution in [0.2, 0.25) is 0 Å². The highest BCUT2D eigenvalue weighted by Gasteiger charge is 2.37. The van der Waals surface area contributed by atoms with Crippen LogP contribution in [0.4, 0.5) is 5.69 Å². The molecule has 0 radical (unpaired) electrons. The first-order chi connectivity index (χ1) is 17.1. The van der Waals surface area contributed by atoms with Gasteiger partial charge in [0.05, 0.1) is 14.2 Å². The van der Waals surface area contributed by atoms with Crippen molar-refractivity contribution in [2.45, 2.75) is 44.2 Å². The number of nitrogens with zero attached hydrogens (tertiary/aromatic N) is 2.